The van der Waals surface area contributed by atoms with Gasteiger partial charge in [-0.05, 0) is 12.1 Å². The van der Waals surface area contributed by atoms with E-state index in [0.717, 1.165) is 50.4 Å². The molecule has 0 radical (unpaired) electrons. The quantitative estimate of drug-likeness (QED) is 0.330. The Hall–Kier alpha value is -2.87. The number of fused-ring (bicyclic) bond motifs is 1. The minimum atomic E-state index is -0.414. The lowest BCUT2D eigenvalue weighted by atomic mass is 10.2. The van der Waals surface area contributed by atoms with Gasteiger partial charge < -0.3 is 4.74 Å². The number of hydrogen-bond acceptors (Lipinski definition) is 4. The summed E-state index contributed by atoms with van der Waals surface area (Å²) >= 11 is 0. The highest BCUT2D eigenvalue weighted by molar-refractivity contribution is 5.87. The molecule has 1 aliphatic rings. The molecule has 0 spiro atoms. The van der Waals surface area contributed by atoms with Gasteiger partial charge in [0.1, 0.15) is 6.54 Å². The first-order chi connectivity index (χ1) is 14.3. The highest BCUT2D eigenvalue weighted by Gasteiger charge is 2.34. The van der Waals surface area contributed by atoms with Crippen LogP contribution in [0.3, 0.4) is 0 Å². The summed E-state index contributed by atoms with van der Waals surface area (Å²) in [7, 11) is 0. The van der Waals surface area contributed by atoms with E-state index in [1.165, 1.54) is 0 Å². The van der Waals surface area contributed by atoms with Crippen molar-refractivity contribution in [3.63, 3.8) is 0 Å². The minimum absolute atomic E-state index is 0.210. The molecular weight excluding hydrogens is 368 g/mol. The van der Waals surface area contributed by atoms with Crippen molar-refractivity contribution in [2.75, 3.05) is 32.8 Å². The van der Waals surface area contributed by atoms with E-state index < -0.39 is 4.48 Å². The molecule has 7 nitrogen and oxygen atoms in total. The third-order valence-corrected chi connectivity index (χ3v) is 5.54. The number of imide groups is 1. The molecule has 1 aliphatic heterocycles. The van der Waals surface area contributed by atoms with Crippen molar-refractivity contribution in [2.45, 2.75) is 13.2 Å². The summed E-state index contributed by atoms with van der Waals surface area (Å²) in [6.07, 6.45) is 3.42. The van der Waals surface area contributed by atoms with Gasteiger partial charge in [-0.3, -0.25) is 4.90 Å². The first kappa shape index (κ1) is 19.4. The van der Waals surface area contributed by atoms with E-state index in [1.807, 2.05) is 47.3 Å². The summed E-state index contributed by atoms with van der Waals surface area (Å²) in [6, 6.07) is 17.2. The molecule has 0 saturated carbocycles. The van der Waals surface area contributed by atoms with E-state index in [4.69, 9.17) is 4.74 Å². The second-order valence-corrected chi connectivity index (χ2v) is 7.34. The number of rotatable bonds is 8. The lowest BCUT2D eigenvalue weighted by molar-refractivity contribution is -0.683. The van der Waals surface area contributed by atoms with E-state index in [-0.39, 0.29) is 6.67 Å². The van der Waals surface area contributed by atoms with Gasteiger partial charge in [0.25, 0.3) is 0 Å². The average Bonchev–Trinajstić information content (AvgIpc) is 3.15. The average molecular weight is 394 g/mol. The van der Waals surface area contributed by atoms with Crippen LogP contribution in [0.4, 0.5) is 5.69 Å². The highest BCUT2D eigenvalue weighted by atomic mass is 16.5. The van der Waals surface area contributed by atoms with Crippen LogP contribution in [0.25, 0.3) is 11.0 Å². The first-order valence-corrected chi connectivity index (χ1v) is 9.89. The molecule has 4 rings (SSSR count). The van der Waals surface area contributed by atoms with E-state index in [2.05, 4.69) is 15.5 Å². The predicted octanol–water partition coefficient (Wildman–Crippen LogP) is 1.54. The molecular formula is C22H26N4O3+2. The minimum Gasteiger partial charge on any atom is -0.379 e. The van der Waals surface area contributed by atoms with Gasteiger partial charge in [0.15, 0.2) is 16.7 Å². The smallest absolute Gasteiger partial charge is 0.317 e. The molecule has 2 amide bonds. The van der Waals surface area contributed by atoms with Gasteiger partial charge >= 0.3 is 12.8 Å². The van der Waals surface area contributed by atoms with Gasteiger partial charge in [-0.25, -0.2) is 14.2 Å². The Morgan fingerprint density at radius 1 is 0.931 bits per heavy atom. The Labute approximate surface area is 169 Å². The van der Waals surface area contributed by atoms with E-state index in [9.17, 15) is 9.59 Å². The largest absolute Gasteiger partial charge is 0.379 e. The number of morpholine rings is 1. The third-order valence-electron chi connectivity index (χ3n) is 5.54. The van der Waals surface area contributed by atoms with Crippen molar-refractivity contribution < 1.29 is 18.9 Å². The van der Waals surface area contributed by atoms with Gasteiger partial charge in [0.05, 0.1) is 13.2 Å². The predicted molar refractivity (Wildman–Crippen MR) is 110 cm³/mol. The zero-order valence-electron chi connectivity index (χ0n) is 16.4. The van der Waals surface area contributed by atoms with Gasteiger partial charge in [-0.2, -0.15) is 4.57 Å². The van der Waals surface area contributed by atoms with Crippen molar-refractivity contribution in [3.05, 3.63) is 60.9 Å². The van der Waals surface area contributed by atoms with Crippen molar-refractivity contribution >= 4 is 29.5 Å². The number of ether oxygens (including phenoxy) is 1. The Bertz CT molecular complexity index is 972. The van der Waals surface area contributed by atoms with Crippen molar-refractivity contribution in [1.82, 2.24) is 14.0 Å². The summed E-state index contributed by atoms with van der Waals surface area (Å²) in [6.45, 7) is 5.43. The number of amides is 2. The number of carbonyl (C=O) groups is 2. The Kier molecular flexibility index (Phi) is 5.80. The number of aromatic nitrogens is 2. The molecule has 0 unspecified atom stereocenters. The molecule has 0 bridgehead atoms. The van der Waals surface area contributed by atoms with Crippen LogP contribution >= 0.6 is 0 Å². The summed E-state index contributed by atoms with van der Waals surface area (Å²) in [5.74, 6) is 0. The lowest BCUT2D eigenvalue weighted by Crippen LogP contribution is -2.56. The molecule has 0 atom stereocenters. The SMILES string of the molecule is O=C[N+](C=O)(C[n+]1cn(CCN2CCOCC2)c2ccccc21)c1ccccc1. The summed E-state index contributed by atoms with van der Waals surface area (Å²) in [5.41, 5.74) is 2.73. The molecule has 0 aliphatic carbocycles. The van der Waals surface area contributed by atoms with Crippen molar-refractivity contribution in [1.29, 1.82) is 0 Å². The third kappa shape index (κ3) is 3.98. The molecule has 7 heteroatoms. The zero-order chi connectivity index (χ0) is 20.1. The second-order valence-electron chi connectivity index (χ2n) is 7.34. The number of para-hydroxylation sites is 3. The van der Waals surface area contributed by atoms with Gasteiger partial charge in [0, 0.05) is 31.8 Å². The van der Waals surface area contributed by atoms with E-state index >= 15 is 0 Å². The number of nitrogens with zero attached hydrogens (tertiary/aromatic N) is 4. The molecule has 0 N–H and O–H groups in total. The standard InChI is InChI=1S/C22H26N4O3/c27-18-26(19-28,20-6-2-1-3-7-20)17-25-16-24(21-8-4-5-9-22(21)25)11-10-23-12-14-29-15-13-23/h1-9,16,18-19H,10-15,17H2/q+2. The second kappa shape index (κ2) is 8.65. The van der Waals surface area contributed by atoms with E-state index in [0.29, 0.717) is 18.5 Å². The zero-order valence-corrected chi connectivity index (χ0v) is 16.4. The maximum atomic E-state index is 12.0. The molecule has 2 heterocycles. The van der Waals surface area contributed by atoms with Gasteiger partial charge in [-0.15, -0.1) is 4.48 Å². The topological polar surface area (TPSA) is 55.4 Å². The highest BCUT2D eigenvalue weighted by Crippen LogP contribution is 2.20. The van der Waals surface area contributed by atoms with Crippen molar-refractivity contribution in [3.8, 4) is 0 Å². The number of imidazole rings is 1. The maximum Gasteiger partial charge on any atom is 0.317 e. The fraction of sp³-hybridized carbons (Fsp3) is 0.318. The molecule has 29 heavy (non-hydrogen) atoms. The summed E-state index contributed by atoms with van der Waals surface area (Å²) in [5, 5.41) is 0. The van der Waals surface area contributed by atoms with Crippen LogP contribution < -0.4 is 9.05 Å². The molecule has 2 aromatic carbocycles. The summed E-state index contributed by atoms with van der Waals surface area (Å²) < 4.78 is 9.20. The fourth-order valence-electron chi connectivity index (χ4n) is 3.86. The van der Waals surface area contributed by atoms with Crippen LogP contribution in [0.1, 0.15) is 0 Å². The van der Waals surface area contributed by atoms with Crippen LogP contribution in [0, 0.1) is 0 Å². The van der Waals surface area contributed by atoms with Crippen LogP contribution in [0.5, 0.6) is 0 Å². The van der Waals surface area contributed by atoms with Gasteiger partial charge in [-0.1, -0.05) is 30.3 Å². The Morgan fingerprint density at radius 3 is 2.34 bits per heavy atom. The van der Waals surface area contributed by atoms with Crippen LogP contribution in [0.2, 0.25) is 0 Å². The van der Waals surface area contributed by atoms with Crippen LogP contribution in [-0.4, -0.2) is 55.1 Å². The maximum absolute atomic E-state index is 12.0. The van der Waals surface area contributed by atoms with Crippen LogP contribution in [0.15, 0.2) is 60.9 Å². The number of hydrogen-bond donors (Lipinski definition) is 0. The number of carbonyl (C=O) groups excluding carboxylic acids is 2. The van der Waals surface area contributed by atoms with E-state index in [1.54, 1.807) is 12.1 Å². The molecule has 1 aromatic heterocycles. The molecule has 150 valence electrons. The fourth-order valence-corrected chi connectivity index (χ4v) is 3.86. The number of benzene rings is 2. The normalized spacial score (nSPS) is 15.4. The van der Waals surface area contributed by atoms with Gasteiger partial charge in [0.2, 0.25) is 13.0 Å². The van der Waals surface area contributed by atoms with Crippen LogP contribution in [-0.2, 0) is 27.5 Å². The molecule has 1 fully saturated rings. The Morgan fingerprint density at radius 2 is 1.62 bits per heavy atom. The Balaban J connectivity index is 1.64. The molecule has 3 aromatic rings. The molecule has 1 saturated heterocycles. The number of quaternary nitrogens is 1. The lowest BCUT2D eigenvalue weighted by Gasteiger charge is -2.25. The summed E-state index contributed by atoms with van der Waals surface area (Å²) in [4.78, 5) is 26.5. The van der Waals surface area contributed by atoms with Crippen molar-refractivity contribution in [2.24, 2.45) is 0 Å². The monoisotopic (exact) mass is 394 g/mol. The first-order valence-electron chi connectivity index (χ1n) is 9.89.